The van der Waals surface area contributed by atoms with Crippen molar-refractivity contribution in [3.8, 4) is 0 Å². The van der Waals surface area contributed by atoms with Crippen LogP contribution in [0, 0.1) is 17.8 Å². The smallest absolute Gasteiger partial charge is 0.329 e. The third kappa shape index (κ3) is 4.20. The number of rotatable bonds is 4. The second-order valence-corrected chi connectivity index (χ2v) is 5.14. The Hall–Kier alpha value is -0.570. The summed E-state index contributed by atoms with van der Waals surface area (Å²) in [7, 11) is 0. The van der Waals surface area contributed by atoms with Gasteiger partial charge in [-0.3, -0.25) is 0 Å². The van der Waals surface area contributed by atoms with Crippen molar-refractivity contribution in [2.24, 2.45) is 17.8 Å². The molecule has 0 amide bonds. The van der Waals surface area contributed by atoms with Gasteiger partial charge >= 0.3 is 5.97 Å². The molecule has 0 spiro atoms. The van der Waals surface area contributed by atoms with Gasteiger partial charge in [-0.1, -0.05) is 20.8 Å². The first-order valence-corrected chi connectivity index (χ1v) is 5.82. The molecule has 15 heavy (non-hydrogen) atoms. The van der Waals surface area contributed by atoms with E-state index < -0.39 is 5.97 Å². The van der Waals surface area contributed by atoms with E-state index in [-0.39, 0.29) is 12.7 Å². The fourth-order valence-corrected chi connectivity index (χ4v) is 2.46. The molecule has 1 N–H and O–H groups in total. The third-order valence-corrected chi connectivity index (χ3v) is 3.32. The van der Waals surface area contributed by atoms with Gasteiger partial charge in [0, 0.05) is 0 Å². The van der Waals surface area contributed by atoms with Crippen LogP contribution in [0.15, 0.2) is 0 Å². The number of carboxylic acids is 1. The summed E-state index contributed by atoms with van der Waals surface area (Å²) in [5.41, 5.74) is 0. The molecule has 88 valence electrons. The van der Waals surface area contributed by atoms with Gasteiger partial charge < -0.3 is 9.84 Å². The number of carbonyl (C=O) groups is 1. The summed E-state index contributed by atoms with van der Waals surface area (Å²) in [6.07, 6.45) is 3.44. The molecule has 0 aliphatic heterocycles. The topological polar surface area (TPSA) is 46.5 Å². The summed E-state index contributed by atoms with van der Waals surface area (Å²) in [5.74, 6) is 1.15. The predicted molar refractivity (Wildman–Crippen MR) is 58.7 cm³/mol. The van der Waals surface area contributed by atoms with E-state index in [4.69, 9.17) is 9.84 Å². The van der Waals surface area contributed by atoms with Gasteiger partial charge in [0.1, 0.15) is 6.61 Å². The molecule has 1 aliphatic rings. The van der Waals surface area contributed by atoms with E-state index in [0.29, 0.717) is 17.8 Å². The lowest BCUT2D eigenvalue weighted by Crippen LogP contribution is -2.31. The second kappa shape index (κ2) is 5.50. The van der Waals surface area contributed by atoms with Crippen molar-refractivity contribution in [1.29, 1.82) is 0 Å². The third-order valence-electron chi connectivity index (χ3n) is 3.32. The molecule has 1 fully saturated rings. The maximum atomic E-state index is 10.4. The second-order valence-electron chi connectivity index (χ2n) is 5.14. The Bertz CT molecular complexity index is 213. The van der Waals surface area contributed by atoms with Gasteiger partial charge in [-0.15, -0.1) is 0 Å². The van der Waals surface area contributed by atoms with Crippen LogP contribution in [0.1, 0.15) is 40.0 Å². The summed E-state index contributed by atoms with van der Waals surface area (Å²) in [6, 6.07) is 0. The maximum Gasteiger partial charge on any atom is 0.329 e. The first-order chi connectivity index (χ1) is 6.99. The van der Waals surface area contributed by atoms with Crippen LogP contribution in [0.2, 0.25) is 0 Å². The van der Waals surface area contributed by atoms with Crippen molar-refractivity contribution in [2.75, 3.05) is 6.61 Å². The molecule has 0 radical (unpaired) electrons. The minimum atomic E-state index is -0.866. The molecule has 3 nitrogen and oxygen atoms in total. The summed E-state index contributed by atoms with van der Waals surface area (Å²) < 4.78 is 5.40. The molecule has 1 saturated carbocycles. The standard InChI is InChI=1S/C12H22O3/c1-8(2)10-4-9(3)5-11(6-10)15-7-12(13)14/h8-11H,4-7H2,1-3H3,(H,13,14). The molecule has 0 aromatic rings. The molecule has 1 aliphatic carbocycles. The summed E-state index contributed by atoms with van der Waals surface area (Å²) in [4.78, 5) is 10.4. The monoisotopic (exact) mass is 214 g/mol. The minimum absolute atomic E-state index is 0.150. The summed E-state index contributed by atoms with van der Waals surface area (Å²) >= 11 is 0. The molecule has 0 heterocycles. The van der Waals surface area contributed by atoms with Gasteiger partial charge in [0.25, 0.3) is 0 Å². The molecule has 1 rings (SSSR count). The lowest BCUT2D eigenvalue weighted by Gasteiger charge is -2.35. The number of carboxylic acid groups (broad SMARTS) is 1. The van der Waals surface area contributed by atoms with Crippen LogP contribution in [0.25, 0.3) is 0 Å². The van der Waals surface area contributed by atoms with Crippen LogP contribution < -0.4 is 0 Å². The van der Waals surface area contributed by atoms with Crippen LogP contribution in [0.3, 0.4) is 0 Å². The highest BCUT2D eigenvalue weighted by atomic mass is 16.5. The Kier molecular flexibility index (Phi) is 4.58. The molecule has 3 unspecified atom stereocenters. The van der Waals surface area contributed by atoms with Gasteiger partial charge in [-0.2, -0.15) is 0 Å². The van der Waals surface area contributed by atoms with Crippen LogP contribution in [0.5, 0.6) is 0 Å². The number of aliphatic carboxylic acids is 1. The first kappa shape index (κ1) is 12.5. The van der Waals surface area contributed by atoms with Crippen LogP contribution in [-0.4, -0.2) is 23.8 Å². The zero-order chi connectivity index (χ0) is 11.4. The Morgan fingerprint density at radius 2 is 2.07 bits per heavy atom. The fourth-order valence-electron chi connectivity index (χ4n) is 2.46. The lowest BCUT2D eigenvalue weighted by atomic mass is 9.75. The highest BCUT2D eigenvalue weighted by molar-refractivity contribution is 5.68. The molecule has 3 heteroatoms. The van der Waals surface area contributed by atoms with E-state index in [1.807, 2.05) is 0 Å². The van der Waals surface area contributed by atoms with Gasteiger partial charge in [0.15, 0.2) is 0 Å². The summed E-state index contributed by atoms with van der Waals surface area (Å²) in [6.45, 7) is 6.54. The highest BCUT2D eigenvalue weighted by Crippen LogP contribution is 2.34. The molecule has 0 aromatic heterocycles. The number of ether oxygens (including phenoxy) is 1. The Morgan fingerprint density at radius 1 is 1.40 bits per heavy atom. The van der Waals surface area contributed by atoms with Crippen LogP contribution in [0.4, 0.5) is 0 Å². The molecule has 3 atom stereocenters. The number of hydrogen-bond donors (Lipinski definition) is 1. The largest absolute Gasteiger partial charge is 0.480 e. The maximum absolute atomic E-state index is 10.4. The zero-order valence-electron chi connectivity index (χ0n) is 9.90. The van der Waals surface area contributed by atoms with Crippen LogP contribution in [-0.2, 0) is 9.53 Å². The van der Waals surface area contributed by atoms with Gasteiger partial charge in [-0.25, -0.2) is 4.79 Å². The van der Waals surface area contributed by atoms with E-state index in [1.165, 1.54) is 6.42 Å². The minimum Gasteiger partial charge on any atom is -0.480 e. The molecule has 0 saturated heterocycles. The Labute approximate surface area is 91.8 Å². The Morgan fingerprint density at radius 3 is 2.60 bits per heavy atom. The van der Waals surface area contributed by atoms with E-state index in [9.17, 15) is 4.79 Å². The van der Waals surface area contributed by atoms with Crippen LogP contribution >= 0.6 is 0 Å². The van der Waals surface area contributed by atoms with Gasteiger partial charge in [-0.05, 0) is 37.0 Å². The van der Waals surface area contributed by atoms with E-state index in [2.05, 4.69) is 20.8 Å². The lowest BCUT2D eigenvalue weighted by molar-refractivity contribution is -0.146. The normalized spacial score (nSPS) is 31.9. The number of hydrogen-bond acceptors (Lipinski definition) is 2. The van der Waals surface area contributed by atoms with Gasteiger partial charge in [0.2, 0.25) is 0 Å². The summed E-state index contributed by atoms with van der Waals surface area (Å²) in [5, 5.41) is 8.56. The average Bonchev–Trinajstić information content (AvgIpc) is 2.13. The fraction of sp³-hybridized carbons (Fsp3) is 0.917. The zero-order valence-corrected chi connectivity index (χ0v) is 9.90. The SMILES string of the molecule is CC1CC(OCC(=O)O)CC(C(C)C)C1. The van der Waals surface area contributed by atoms with Crippen molar-refractivity contribution < 1.29 is 14.6 Å². The van der Waals surface area contributed by atoms with E-state index >= 15 is 0 Å². The van der Waals surface area contributed by atoms with Gasteiger partial charge in [0.05, 0.1) is 6.10 Å². The molecular formula is C12H22O3. The predicted octanol–water partition coefficient (Wildman–Crippen LogP) is 2.55. The van der Waals surface area contributed by atoms with Crippen molar-refractivity contribution in [3.05, 3.63) is 0 Å². The van der Waals surface area contributed by atoms with Crippen molar-refractivity contribution in [3.63, 3.8) is 0 Å². The van der Waals surface area contributed by atoms with Crippen molar-refractivity contribution >= 4 is 5.97 Å². The Balaban J connectivity index is 2.41. The van der Waals surface area contributed by atoms with Crippen molar-refractivity contribution in [2.45, 2.75) is 46.1 Å². The first-order valence-electron chi connectivity index (χ1n) is 5.82. The quantitative estimate of drug-likeness (QED) is 0.782. The highest BCUT2D eigenvalue weighted by Gasteiger charge is 2.29. The van der Waals surface area contributed by atoms with Crippen molar-refractivity contribution in [1.82, 2.24) is 0 Å². The average molecular weight is 214 g/mol. The molecular weight excluding hydrogens is 192 g/mol. The molecule has 0 bridgehead atoms. The molecule has 0 aromatic carbocycles. The van der Waals surface area contributed by atoms with E-state index in [0.717, 1.165) is 12.8 Å². The van der Waals surface area contributed by atoms with E-state index in [1.54, 1.807) is 0 Å².